The molecule has 0 radical (unpaired) electrons. The summed E-state index contributed by atoms with van der Waals surface area (Å²) >= 11 is 3.60. The molecule has 2 rings (SSSR count). The van der Waals surface area contributed by atoms with Crippen molar-refractivity contribution in [3.63, 3.8) is 0 Å². The summed E-state index contributed by atoms with van der Waals surface area (Å²) in [7, 11) is 1.76. The second kappa shape index (κ2) is 7.43. The van der Waals surface area contributed by atoms with Crippen LogP contribution in [0.1, 0.15) is 31.9 Å². The van der Waals surface area contributed by atoms with E-state index in [9.17, 15) is 0 Å². The van der Waals surface area contributed by atoms with Gasteiger partial charge in [-0.25, -0.2) is 0 Å². The summed E-state index contributed by atoms with van der Waals surface area (Å²) in [5.41, 5.74) is 1.30. The van der Waals surface area contributed by atoms with Gasteiger partial charge in [-0.05, 0) is 24.1 Å². The maximum Gasteiger partial charge on any atom is 0.123 e. The number of halogens is 1. The molecular formula is C16H25BrN2O. The van der Waals surface area contributed by atoms with Crippen molar-refractivity contribution in [2.75, 3.05) is 33.3 Å². The number of methoxy groups -OCH3 is 1. The number of hydrogen-bond acceptors (Lipinski definition) is 3. The van der Waals surface area contributed by atoms with Crippen molar-refractivity contribution in [1.82, 2.24) is 10.2 Å². The molecule has 0 aliphatic carbocycles. The minimum atomic E-state index is 0.426. The maximum atomic E-state index is 5.60. The maximum absolute atomic E-state index is 5.60. The first-order valence-corrected chi connectivity index (χ1v) is 8.24. The fourth-order valence-corrected chi connectivity index (χ4v) is 3.36. The van der Waals surface area contributed by atoms with Crippen molar-refractivity contribution in [3.05, 3.63) is 28.2 Å². The summed E-state index contributed by atoms with van der Waals surface area (Å²) in [6.45, 7) is 8.96. The molecule has 1 N–H and O–H groups in total. The van der Waals surface area contributed by atoms with Crippen LogP contribution < -0.4 is 10.1 Å². The van der Waals surface area contributed by atoms with Gasteiger partial charge in [-0.2, -0.15) is 0 Å². The van der Waals surface area contributed by atoms with E-state index >= 15 is 0 Å². The summed E-state index contributed by atoms with van der Waals surface area (Å²) in [5.74, 6) is 1.60. The Hall–Kier alpha value is -0.580. The van der Waals surface area contributed by atoms with E-state index in [-0.39, 0.29) is 0 Å². The van der Waals surface area contributed by atoms with Gasteiger partial charge in [0, 0.05) is 42.3 Å². The van der Waals surface area contributed by atoms with Crippen LogP contribution in [0.2, 0.25) is 0 Å². The van der Waals surface area contributed by atoms with Crippen molar-refractivity contribution in [1.29, 1.82) is 0 Å². The highest BCUT2D eigenvalue weighted by atomic mass is 79.9. The fraction of sp³-hybridized carbons (Fsp3) is 0.625. The Bertz CT molecular complexity index is 432. The molecule has 112 valence electrons. The predicted octanol–water partition coefficient (Wildman–Crippen LogP) is 3.45. The van der Waals surface area contributed by atoms with Gasteiger partial charge in [-0.3, -0.25) is 4.90 Å². The molecule has 0 aromatic heterocycles. The standard InChI is InChI=1S/C16H25BrN2O/c1-4-12(2)16(19-9-7-18-8-10-19)14-11-13(17)5-6-15(14)20-3/h5-6,11-12,16,18H,4,7-10H2,1-3H3/t12?,16-/m1/s1. The third-order valence-electron chi connectivity index (χ3n) is 4.24. The average Bonchev–Trinajstić information content (AvgIpc) is 2.48. The Morgan fingerprint density at radius 2 is 2.05 bits per heavy atom. The summed E-state index contributed by atoms with van der Waals surface area (Å²) in [4.78, 5) is 2.59. The fourth-order valence-electron chi connectivity index (χ4n) is 2.98. The smallest absolute Gasteiger partial charge is 0.123 e. The van der Waals surface area contributed by atoms with E-state index in [2.05, 4.69) is 52.1 Å². The van der Waals surface area contributed by atoms with Crippen LogP contribution in [0.3, 0.4) is 0 Å². The van der Waals surface area contributed by atoms with Crippen molar-refractivity contribution in [3.8, 4) is 5.75 Å². The number of nitrogens with one attached hydrogen (secondary N) is 1. The number of piperazine rings is 1. The molecule has 2 atom stereocenters. The molecule has 1 unspecified atom stereocenters. The highest BCUT2D eigenvalue weighted by Crippen LogP contribution is 2.37. The minimum absolute atomic E-state index is 0.426. The van der Waals surface area contributed by atoms with E-state index in [1.54, 1.807) is 7.11 Å². The summed E-state index contributed by atoms with van der Waals surface area (Å²) in [6, 6.07) is 6.76. The van der Waals surface area contributed by atoms with Gasteiger partial charge in [0.2, 0.25) is 0 Å². The Kier molecular flexibility index (Phi) is 5.87. The van der Waals surface area contributed by atoms with Crippen LogP contribution in [0.25, 0.3) is 0 Å². The third kappa shape index (κ3) is 3.54. The first kappa shape index (κ1) is 15.8. The van der Waals surface area contributed by atoms with Crippen LogP contribution in [0, 0.1) is 5.92 Å². The quantitative estimate of drug-likeness (QED) is 0.888. The normalized spacial score (nSPS) is 19.6. The van der Waals surface area contributed by atoms with Gasteiger partial charge in [0.25, 0.3) is 0 Å². The second-order valence-corrected chi connectivity index (χ2v) is 6.42. The molecule has 3 nitrogen and oxygen atoms in total. The molecule has 4 heteroatoms. The SMILES string of the molecule is CCC(C)[C@H](c1cc(Br)ccc1OC)N1CCNCC1. The molecule has 1 saturated heterocycles. The molecule has 1 fully saturated rings. The van der Waals surface area contributed by atoms with E-state index in [1.807, 2.05) is 6.07 Å². The Labute approximate surface area is 130 Å². The lowest BCUT2D eigenvalue weighted by Crippen LogP contribution is -2.46. The van der Waals surface area contributed by atoms with Crippen LogP contribution in [0.4, 0.5) is 0 Å². The molecule has 0 amide bonds. The number of rotatable bonds is 5. The predicted molar refractivity (Wildman–Crippen MR) is 87.3 cm³/mol. The topological polar surface area (TPSA) is 24.5 Å². The van der Waals surface area contributed by atoms with Gasteiger partial charge < -0.3 is 10.1 Å². The molecular weight excluding hydrogens is 316 g/mol. The van der Waals surface area contributed by atoms with Gasteiger partial charge >= 0.3 is 0 Å². The second-order valence-electron chi connectivity index (χ2n) is 5.50. The molecule has 0 saturated carbocycles. The Balaban J connectivity index is 2.37. The number of nitrogens with zero attached hydrogens (tertiary/aromatic N) is 1. The molecule has 1 aromatic rings. The Morgan fingerprint density at radius 1 is 1.35 bits per heavy atom. The Morgan fingerprint density at radius 3 is 2.65 bits per heavy atom. The van der Waals surface area contributed by atoms with Gasteiger partial charge in [-0.15, -0.1) is 0 Å². The van der Waals surface area contributed by atoms with Gasteiger partial charge in [0.1, 0.15) is 5.75 Å². The molecule has 0 spiro atoms. The highest BCUT2D eigenvalue weighted by molar-refractivity contribution is 9.10. The van der Waals surface area contributed by atoms with E-state index in [0.717, 1.165) is 36.4 Å². The molecule has 1 aliphatic rings. The first-order valence-electron chi connectivity index (χ1n) is 7.45. The third-order valence-corrected chi connectivity index (χ3v) is 4.73. The van der Waals surface area contributed by atoms with Crippen molar-refractivity contribution < 1.29 is 4.74 Å². The van der Waals surface area contributed by atoms with Gasteiger partial charge in [-0.1, -0.05) is 36.2 Å². The lowest BCUT2D eigenvalue weighted by molar-refractivity contribution is 0.126. The van der Waals surface area contributed by atoms with E-state index in [1.165, 1.54) is 12.0 Å². The molecule has 1 heterocycles. The van der Waals surface area contributed by atoms with Crippen LogP contribution in [0.15, 0.2) is 22.7 Å². The highest BCUT2D eigenvalue weighted by Gasteiger charge is 2.28. The zero-order chi connectivity index (χ0) is 14.5. The van der Waals surface area contributed by atoms with E-state index < -0.39 is 0 Å². The summed E-state index contributed by atoms with van der Waals surface area (Å²) in [5, 5.41) is 3.44. The van der Waals surface area contributed by atoms with Crippen molar-refractivity contribution in [2.24, 2.45) is 5.92 Å². The van der Waals surface area contributed by atoms with Crippen LogP contribution in [-0.2, 0) is 0 Å². The summed E-state index contributed by atoms with van der Waals surface area (Å²) in [6.07, 6.45) is 1.17. The van der Waals surface area contributed by atoms with Crippen LogP contribution >= 0.6 is 15.9 Å². The molecule has 1 aromatic carbocycles. The van der Waals surface area contributed by atoms with E-state index in [4.69, 9.17) is 4.74 Å². The number of hydrogen-bond donors (Lipinski definition) is 1. The van der Waals surface area contributed by atoms with Gasteiger partial charge in [0.15, 0.2) is 0 Å². The number of ether oxygens (including phenoxy) is 1. The monoisotopic (exact) mass is 340 g/mol. The first-order chi connectivity index (χ1) is 9.67. The van der Waals surface area contributed by atoms with E-state index in [0.29, 0.717) is 12.0 Å². The van der Waals surface area contributed by atoms with Crippen molar-refractivity contribution in [2.45, 2.75) is 26.3 Å². The lowest BCUT2D eigenvalue weighted by atomic mass is 9.90. The lowest BCUT2D eigenvalue weighted by Gasteiger charge is -2.39. The largest absolute Gasteiger partial charge is 0.496 e. The van der Waals surface area contributed by atoms with Crippen LogP contribution in [-0.4, -0.2) is 38.2 Å². The number of benzene rings is 1. The van der Waals surface area contributed by atoms with Crippen molar-refractivity contribution >= 4 is 15.9 Å². The van der Waals surface area contributed by atoms with Crippen LogP contribution in [0.5, 0.6) is 5.75 Å². The summed E-state index contributed by atoms with van der Waals surface area (Å²) < 4.78 is 6.73. The van der Waals surface area contributed by atoms with Gasteiger partial charge in [0.05, 0.1) is 7.11 Å². The zero-order valence-corrected chi connectivity index (χ0v) is 14.2. The minimum Gasteiger partial charge on any atom is -0.496 e. The molecule has 1 aliphatic heterocycles. The molecule has 20 heavy (non-hydrogen) atoms. The zero-order valence-electron chi connectivity index (χ0n) is 12.7. The molecule has 0 bridgehead atoms. The average molecular weight is 341 g/mol.